The molecule has 1 aliphatic heterocycles. The molecule has 2 heterocycles. The van der Waals surface area contributed by atoms with Crippen LogP contribution < -0.4 is 11.1 Å². The number of aryl methyl sites for hydroxylation is 1. The number of nitrogens with two attached hydrogens (primary N) is 1. The number of amides is 3. The van der Waals surface area contributed by atoms with E-state index < -0.39 is 11.7 Å². The second-order valence-electron chi connectivity index (χ2n) is 7.58. The summed E-state index contributed by atoms with van der Waals surface area (Å²) in [6.07, 6.45) is 1.76. The molecule has 0 radical (unpaired) electrons. The van der Waals surface area contributed by atoms with Crippen LogP contribution in [0.3, 0.4) is 0 Å². The number of halogens is 1. The number of hydrogen-bond acceptors (Lipinski definition) is 4. The van der Waals surface area contributed by atoms with Crippen molar-refractivity contribution < 1.29 is 14.0 Å². The van der Waals surface area contributed by atoms with E-state index in [1.54, 1.807) is 35.0 Å². The summed E-state index contributed by atoms with van der Waals surface area (Å²) in [6, 6.07) is 11.1. The minimum Gasteiger partial charge on any atom is -0.365 e. The molecular formula is C23H23FN6O2. The average Bonchev–Trinajstić information content (AvgIpc) is 3.15. The molecule has 0 saturated heterocycles. The topological polar surface area (TPSA) is 106 Å². The Balaban J connectivity index is 1.58. The third kappa shape index (κ3) is 4.09. The van der Waals surface area contributed by atoms with E-state index in [1.807, 2.05) is 25.1 Å². The van der Waals surface area contributed by atoms with Gasteiger partial charge in [-0.25, -0.2) is 9.18 Å². The van der Waals surface area contributed by atoms with Crippen LogP contribution in [0.2, 0.25) is 0 Å². The monoisotopic (exact) mass is 434 g/mol. The van der Waals surface area contributed by atoms with Crippen molar-refractivity contribution in [2.24, 2.45) is 10.7 Å². The highest BCUT2D eigenvalue weighted by Gasteiger charge is 2.29. The van der Waals surface area contributed by atoms with Gasteiger partial charge in [0.05, 0.1) is 24.3 Å². The van der Waals surface area contributed by atoms with Crippen LogP contribution >= 0.6 is 0 Å². The highest BCUT2D eigenvalue weighted by molar-refractivity contribution is 6.00. The quantitative estimate of drug-likeness (QED) is 0.616. The van der Waals surface area contributed by atoms with Crippen LogP contribution in [-0.2, 0) is 13.1 Å². The molecule has 4 rings (SSSR count). The van der Waals surface area contributed by atoms with Gasteiger partial charge >= 0.3 is 6.03 Å². The van der Waals surface area contributed by atoms with Gasteiger partial charge in [-0.1, -0.05) is 18.2 Å². The van der Waals surface area contributed by atoms with Crippen molar-refractivity contribution in [2.75, 3.05) is 18.9 Å². The maximum atomic E-state index is 13.7. The minimum atomic E-state index is -0.670. The zero-order valence-electron chi connectivity index (χ0n) is 17.8. The molecule has 1 aliphatic rings. The van der Waals surface area contributed by atoms with E-state index in [1.165, 1.54) is 12.1 Å². The molecule has 32 heavy (non-hydrogen) atoms. The second kappa shape index (κ2) is 8.62. The highest BCUT2D eigenvalue weighted by atomic mass is 19.1. The fraction of sp³-hybridized carbons (Fsp3) is 0.217. The first-order valence-electron chi connectivity index (χ1n) is 10.1. The van der Waals surface area contributed by atoms with Crippen molar-refractivity contribution in [3.05, 3.63) is 70.7 Å². The maximum absolute atomic E-state index is 13.7. The number of benzene rings is 2. The lowest BCUT2D eigenvalue weighted by molar-refractivity contribution is 0.0997. The molecule has 3 N–H and O–H groups in total. The summed E-state index contributed by atoms with van der Waals surface area (Å²) in [6.45, 7) is 2.90. The van der Waals surface area contributed by atoms with E-state index in [0.717, 1.165) is 11.1 Å². The van der Waals surface area contributed by atoms with Gasteiger partial charge in [0, 0.05) is 31.1 Å². The van der Waals surface area contributed by atoms with Gasteiger partial charge in [0.25, 0.3) is 5.91 Å². The van der Waals surface area contributed by atoms with E-state index in [2.05, 4.69) is 15.4 Å². The Bertz CT molecular complexity index is 1230. The summed E-state index contributed by atoms with van der Waals surface area (Å²) in [4.78, 5) is 30.8. The number of carbonyl (C=O) groups is 2. The lowest BCUT2D eigenvalue weighted by Gasteiger charge is -2.28. The molecule has 0 fully saturated rings. The number of aliphatic imine (C=N–C) groups is 1. The van der Waals surface area contributed by atoms with Gasteiger partial charge in [0.15, 0.2) is 0 Å². The lowest BCUT2D eigenvalue weighted by atomic mass is 10.0. The van der Waals surface area contributed by atoms with Gasteiger partial charge in [0.1, 0.15) is 11.5 Å². The molecule has 3 amide bonds. The van der Waals surface area contributed by atoms with Gasteiger partial charge in [-0.05, 0) is 42.3 Å². The first-order valence-corrected chi connectivity index (χ1v) is 10.1. The zero-order valence-corrected chi connectivity index (χ0v) is 17.8. The first kappa shape index (κ1) is 21.2. The van der Waals surface area contributed by atoms with E-state index in [9.17, 15) is 14.0 Å². The molecular weight excluding hydrogens is 411 g/mol. The number of aromatic nitrogens is 2. The Hall–Kier alpha value is -4.01. The molecule has 3 aromatic rings. The molecule has 2 aromatic carbocycles. The molecule has 0 aliphatic carbocycles. The lowest BCUT2D eigenvalue weighted by Crippen LogP contribution is -2.41. The third-order valence-electron chi connectivity index (χ3n) is 5.40. The molecule has 8 nitrogen and oxygen atoms in total. The Morgan fingerprint density at radius 1 is 1.22 bits per heavy atom. The zero-order chi connectivity index (χ0) is 22.8. The van der Waals surface area contributed by atoms with Crippen molar-refractivity contribution in [3.63, 3.8) is 0 Å². The summed E-state index contributed by atoms with van der Waals surface area (Å²) >= 11 is 0. The standard InChI is InChI=1S/C23H23FN6O2/c1-14-10-18(7-6-16(14)12-26-2)27-23(32)29-8-9-30-19(13-29)20(22(25)31)21(28-30)15-4-3-5-17(24)11-15/h3-7,10-12H,8-9,13H2,1-2H3,(H2,25,31)(H,27,32)/b26-12+. The fourth-order valence-electron chi connectivity index (χ4n) is 3.83. The number of anilines is 1. The van der Waals surface area contributed by atoms with E-state index in [0.29, 0.717) is 35.7 Å². The van der Waals surface area contributed by atoms with Crippen molar-refractivity contribution >= 4 is 23.8 Å². The van der Waals surface area contributed by atoms with Gasteiger partial charge < -0.3 is 16.0 Å². The van der Waals surface area contributed by atoms with E-state index in [4.69, 9.17) is 5.73 Å². The van der Waals surface area contributed by atoms with Crippen LogP contribution in [-0.4, -0.2) is 46.4 Å². The molecule has 0 bridgehead atoms. The predicted octanol–water partition coefficient (Wildman–Crippen LogP) is 3.19. The number of fused-ring (bicyclic) bond motifs is 1. The number of nitrogens with one attached hydrogen (secondary N) is 1. The van der Waals surface area contributed by atoms with Crippen molar-refractivity contribution in [2.45, 2.75) is 20.0 Å². The van der Waals surface area contributed by atoms with Crippen LogP contribution in [0, 0.1) is 12.7 Å². The SMILES string of the molecule is C/N=C/c1ccc(NC(=O)N2CCn3nc(-c4cccc(F)c4)c(C(N)=O)c3C2)cc1C. The van der Waals surface area contributed by atoms with Gasteiger partial charge in [-0.3, -0.25) is 14.5 Å². The number of nitrogens with zero attached hydrogens (tertiary/aromatic N) is 4. The predicted molar refractivity (Wildman–Crippen MR) is 120 cm³/mol. The number of primary amides is 1. The summed E-state index contributed by atoms with van der Waals surface area (Å²) in [5.41, 5.74) is 9.78. The Morgan fingerprint density at radius 3 is 2.72 bits per heavy atom. The maximum Gasteiger partial charge on any atom is 0.322 e. The van der Waals surface area contributed by atoms with Crippen LogP contribution in [0.4, 0.5) is 14.9 Å². The van der Waals surface area contributed by atoms with Gasteiger partial charge in [-0.2, -0.15) is 5.10 Å². The summed E-state index contributed by atoms with van der Waals surface area (Å²) in [7, 11) is 1.70. The summed E-state index contributed by atoms with van der Waals surface area (Å²) in [5, 5.41) is 7.37. The first-order chi connectivity index (χ1) is 15.4. The van der Waals surface area contributed by atoms with Crippen molar-refractivity contribution in [1.29, 1.82) is 0 Å². The van der Waals surface area contributed by atoms with Crippen molar-refractivity contribution in [1.82, 2.24) is 14.7 Å². The van der Waals surface area contributed by atoms with Crippen molar-refractivity contribution in [3.8, 4) is 11.3 Å². The molecule has 0 spiro atoms. The number of hydrogen-bond donors (Lipinski definition) is 2. The van der Waals surface area contributed by atoms with Crippen LogP contribution in [0.5, 0.6) is 0 Å². The van der Waals surface area contributed by atoms with E-state index in [-0.39, 0.29) is 18.1 Å². The highest BCUT2D eigenvalue weighted by Crippen LogP contribution is 2.29. The molecule has 164 valence electrons. The normalized spacial score (nSPS) is 13.3. The third-order valence-corrected chi connectivity index (χ3v) is 5.40. The van der Waals surface area contributed by atoms with Gasteiger partial charge in [-0.15, -0.1) is 0 Å². The Morgan fingerprint density at radius 2 is 2.03 bits per heavy atom. The van der Waals surface area contributed by atoms with Crippen LogP contribution in [0.1, 0.15) is 27.2 Å². The van der Waals surface area contributed by atoms with Gasteiger partial charge in [0.2, 0.25) is 0 Å². The van der Waals surface area contributed by atoms with E-state index >= 15 is 0 Å². The molecule has 1 aromatic heterocycles. The number of urea groups is 1. The Kier molecular flexibility index (Phi) is 5.72. The molecule has 9 heteroatoms. The van der Waals surface area contributed by atoms with Crippen LogP contribution in [0.25, 0.3) is 11.3 Å². The molecule has 0 atom stereocenters. The largest absolute Gasteiger partial charge is 0.365 e. The Labute approximate surface area is 184 Å². The second-order valence-corrected chi connectivity index (χ2v) is 7.58. The summed E-state index contributed by atoms with van der Waals surface area (Å²) < 4.78 is 15.4. The minimum absolute atomic E-state index is 0.159. The molecule has 0 saturated carbocycles. The average molecular weight is 434 g/mol. The summed E-state index contributed by atoms with van der Waals surface area (Å²) in [5.74, 6) is -1.10. The van der Waals surface area contributed by atoms with Crippen LogP contribution in [0.15, 0.2) is 47.5 Å². The molecule has 0 unspecified atom stereocenters. The fourth-order valence-corrected chi connectivity index (χ4v) is 3.83. The number of carbonyl (C=O) groups excluding carboxylic acids is 2. The smallest absolute Gasteiger partial charge is 0.322 e. The number of rotatable bonds is 4.